The average molecular weight is 374 g/mol. The summed E-state index contributed by atoms with van der Waals surface area (Å²) in [5, 5.41) is 0. The topological polar surface area (TPSA) is 46.2 Å². The molecule has 21 heavy (non-hydrogen) atoms. The highest BCUT2D eigenvalue weighted by Gasteiger charge is 2.36. The minimum atomic E-state index is -3.44. The molecular formula is C16H24BrNO2S. The van der Waals surface area contributed by atoms with E-state index in [4.69, 9.17) is 0 Å². The van der Waals surface area contributed by atoms with E-state index >= 15 is 0 Å². The number of nitrogens with one attached hydrogen (secondary N) is 1. The van der Waals surface area contributed by atoms with Crippen LogP contribution in [0.1, 0.15) is 46.5 Å². The third-order valence-corrected chi connectivity index (χ3v) is 6.34. The number of sulfonamides is 1. The molecule has 3 nitrogen and oxygen atoms in total. The minimum absolute atomic E-state index is 0.0346. The Balaban J connectivity index is 2.20. The van der Waals surface area contributed by atoms with Crippen molar-refractivity contribution in [1.29, 1.82) is 0 Å². The summed E-state index contributed by atoms with van der Waals surface area (Å²) in [6.45, 7) is 6.59. The fourth-order valence-electron chi connectivity index (χ4n) is 3.19. The van der Waals surface area contributed by atoms with Crippen LogP contribution in [0.2, 0.25) is 0 Å². The van der Waals surface area contributed by atoms with E-state index in [0.717, 1.165) is 23.7 Å². The number of hydrogen-bond donors (Lipinski definition) is 1. The molecule has 0 aliphatic heterocycles. The van der Waals surface area contributed by atoms with Crippen LogP contribution in [0.5, 0.6) is 0 Å². The van der Waals surface area contributed by atoms with E-state index in [1.165, 1.54) is 6.42 Å². The maximum absolute atomic E-state index is 12.6. The van der Waals surface area contributed by atoms with Crippen molar-refractivity contribution in [2.75, 3.05) is 0 Å². The van der Waals surface area contributed by atoms with Crippen molar-refractivity contribution < 1.29 is 8.42 Å². The first-order valence-electron chi connectivity index (χ1n) is 7.48. The molecule has 0 heterocycles. The highest BCUT2D eigenvalue weighted by Crippen LogP contribution is 2.38. The summed E-state index contributed by atoms with van der Waals surface area (Å²) in [5.41, 5.74) is 0.118. The van der Waals surface area contributed by atoms with Crippen LogP contribution in [0.3, 0.4) is 0 Å². The van der Waals surface area contributed by atoms with Gasteiger partial charge in [-0.15, -0.1) is 0 Å². The van der Waals surface area contributed by atoms with Crippen LogP contribution in [0.25, 0.3) is 0 Å². The van der Waals surface area contributed by atoms with Gasteiger partial charge in [0.2, 0.25) is 10.0 Å². The van der Waals surface area contributed by atoms with Gasteiger partial charge in [-0.3, -0.25) is 0 Å². The highest BCUT2D eigenvalue weighted by molar-refractivity contribution is 9.10. The van der Waals surface area contributed by atoms with E-state index in [9.17, 15) is 8.42 Å². The van der Waals surface area contributed by atoms with E-state index in [2.05, 4.69) is 41.4 Å². The Hall–Kier alpha value is -0.390. The summed E-state index contributed by atoms with van der Waals surface area (Å²) in [4.78, 5) is 0.337. The Morgan fingerprint density at radius 3 is 2.24 bits per heavy atom. The van der Waals surface area contributed by atoms with Crippen LogP contribution in [-0.4, -0.2) is 14.5 Å². The van der Waals surface area contributed by atoms with Gasteiger partial charge in [-0.05, 0) is 48.4 Å². The normalized spacial score (nSPS) is 24.0. The summed E-state index contributed by atoms with van der Waals surface area (Å²) in [7, 11) is -3.44. The molecule has 0 spiro atoms. The molecule has 1 aliphatic rings. The van der Waals surface area contributed by atoms with Gasteiger partial charge in [-0.25, -0.2) is 13.1 Å². The Morgan fingerprint density at radius 1 is 1.10 bits per heavy atom. The largest absolute Gasteiger partial charge is 0.240 e. The smallest absolute Gasteiger partial charge is 0.208 e. The first-order valence-corrected chi connectivity index (χ1v) is 9.76. The lowest BCUT2D eigenvalue weighted by Crippen LogP contribution is -2.46. The predicted octanol–water partition coefficient (Wildman–Crippen LogP) is 4.33. The molecule has 1 aliphatic carbocycles. The maximum Gasteiger partial charge on any atom is 0.240 e. The van der Waals surface area contributed by atoms with Gasteiger partial charge in [-0.1, -0.05) is 49.5 Å². The van der Waals surface area contributed by atoms with Gasteiger partial charge < -0.3 is 0 Å². The maximum atomic E-state index is 12.6. The molecule has 118 valence electrons. The minimum Gasteiger partial charge on any atom is -0.208 e. The van der Waals surface area contributed by atoms with Gasteiger partial charge in [0.25, 0.3) is 0 Å². The molecule has 2 atom stereocenters. The van der Waals surface area contributed by atoms with E-state index in [1.807, 2.05) is 0 Å². The van der Waals surface area contributed by atoms with Gasteiger partial charge in [0, 0.05) is 10.5 Å². The number of hydrogen-bond acceptors (Lipinski definition) is 2. The lowest BCUT2D eigenvalue weighted by Gasteiger charge is -2.40. The van der Waals surface area contributed by atoms with Crippen molar-refractivity contribution in [3.05, 3.63) is 28.7 Å². The van der Waals surface area contributed by atoms with Crippen molar-refractivity contribution in [3.8, 4) is 0 Å². The third kappa shape index (κ3) is 4.30. The van der Waals surface area contributed by atoms with Crippen LogP contribution in [-0.2, 0) is 10.0 Å². The molecule has 0 radical (unpaired) electrons. The van der Waals surface area contributed by atoms with Gasteiger partial charge in [0.15, 0.2) is 0 Å². The Bertz CT molecular complexity index is 575. The van der Waals surface area contributed by atoms with Crippen molar-refractivity contribution in [2.24, 2.45) is 11.3 Å². The summed E-state index contributed by atoms with van der Waals surface area (Å²) in [5.74, 6) is 0.386. The zero-order chi connectivity index (χ0) is 15.7. The average Bonchev–Trinajstić information content (AvgIpc) is 2.38. The fourth-order valence-corrected chi connectivity index (χ4v) is 4.77. The Morgan fingerprint density at radius 2 is 1.67 bits per heavy atom. The fraction of sp³-hybridized carbons (Fsp3) is 0.625. The molecule has 0 amide bonds. The van der Waals surface area contributed by atoms with Gasteiger partial charge in [0.1, 0.15) is 0 Å². The van der Waals surface area contributed by atoms with Gasteiger partial charge in [-0.2, -0.15) is 0 Å². The first-order chi connectivity index (χ1) is 9.70. The SMILES string of the molecule is CC(C)(C)C1CCCCC1NS(=O)(=O)c1ccc(Br)cc1. The second kappa shape index (κ2) is 6.39. The molecule has 2 rings (SSSR count). The summed E-state index contributed by atoms with van der Waals surface area (Å²) < 4.78 is 28.9. The zero-order valence-corrected chi connectivity index (χ0v) is 15.3. The zero-order valence-electron chi connectivity index (χ0n) is 12.9. The van der Waals surface area contributed by atoms with Crippen LogP contribution < -0.4 is 4.72 Å². The van der Waals surface area contributed by atoms with E-state index in [1.54, 1.807) is 24.3 Å². The number of halogens is 1. The monoisotopic (exact) mass is 373 g/mol. The van der Waals surface area contributed by atoms with Crippen LogP contribution in [0, 0.1) is 11.3 Å². The lowest BCUT2D eigenvalue weighted by atomic mass is 9.70. The second-order valence-electron chi connectivity index (χ2n) is 6.94. The lowest BCUT2D eigenvalue weighted by molar-refractivity contribution is 0.144. The third-order valence-electron chi connectivity index (χ3n) is 4.31. The summed E-state index contributed by atoms with van der Waals surface area (Å²) in [6.07, 6.45) is 4.31. The van der Waals surface area contributed by atoms with Gasteiger partial charge >= 0.3 is 0 Å². The molecule has 2 unspecified atom stereocenters. The molecule has 5 heteroatoms. The molecule has 1 aromatic carbocycles. The molecule has 1 saturated carbocycles. The quantitative estimate of drug-likeness (QED) is 0.856. The molecule has 1 N–H and O–H groups in total. The molecular weight excluding hydrogens is 350 g/mol. The van der Waals surface area contributed by atoms with Crippen LogP contribution in [0.4, 0.5) is 0 Å². The van der Waals surface area contributed by atoms with Gasteiger partial charge in [0.05, 0.1) is 4.90 Å². The van der Waals surface area contributed by atoms with Crippen molar-refractivity contribution in [3.63, 3.8) is 0 Å². The van der Waals surface area contributed by atoms with Crippen molar-refractivity contribution in [1.82, 2.24) is 4.72 Å². The van der Waals surface area contributed by atoms with Crippen molar-refractivity contribution >= 4 is 26.0 Å². The first kappa shape index (κ1) is 17.0. The number of rotatable bonds is 3. The Kier molecular flexibility index (Phi) is 5.16. The Labute approximate surface area is 136 Å². The molecule has 0 saturated heterocycles. The highest BCUT2D eigenvalue weighted by atomic mass is 79.9. The standard InChI is InChI=1S/C16H24BrNO2S/c1-16(2,3)14-6-4-5-7-15(14)18-21(19,20)13-10-8-12(17)9-11-13/h8-11,14-15,18H,4-7H2,1-3H3. The second-order valence-corrected chi connectivity index (χ2v) is 9.57. The number of benzene rings is 1. The van der Waals surface area contributed by atoms with E-state index in [0.29, 0.717) is 10.8 Å². The van der Waals surface area contributed by atoms with E-state index in [-0.39, 0.29) is 11.5 Å². The predicted molar refractivity (Wildman–Crippen MR) is 89.7 cm³/mol. The van der Waals surface area contributed by atoms with Crippen LogP contribution >= 0.6 is 15.9 Å². The van der Waals surface area contributed by atoms with E-state index < -0.39 is 10.0 Å². The summed E-state index contributed by atoms with van der Waals surface area (Å²) in [6, 6.07) is 6.84. The van der Waals surface area contributed by atoms with Crippen LogP contribution in [0.15, 0.2) is 33.6 Å². The molecule has 0 bridgehead atoms. The molecule has 0 aromatic heterocycles. The summed E-state index contributed by atoms with van der Waals surface area (Å²) >= 11 is 3.33. The molecule has 1 aromatic rings. The molecule has 1 fully saturated rings. The van der Waals surface area contributed by atoms with Crippen molar-refractivity contribution in [2.45, 2.75) is 57.4 Å².